The first-order valence-corrected chi connectivity index (χ1v) is 8.12. The van der Waals surface area contributed by atoms with Crippen molar-refractivity contribution in [2.45, 2.75) is 19.4 Å². The van der Waals surface area contributed by atoms with Gasteiger partial charge in [-0.3, -0.25) is 10.1 Å². The summed E-state index contributed by atoms with van der Waals surface area (Å²) >= 11 is 0. The second-order valence-electron chi connectivity index (χ2n) is 5.72. The van der Waals surface area contributed by atoms with Gasteiger partial charge in [0.05, 0.1) is 10.4 Å². The fourth-order valence-electron chi connectivity index (χ4n) is 2.75. The Bertz CT molecular complexity index is 882. The summed E-state index contributed by atoms with van der Waals surface area (Å²) in [5, 5.41) is 12.1. The number of rotatable bonds is 7. The zero-order valence-corrected chi connectivity index (χ0v) is 13.7. The van der Waals surface area contributed by atoms with E-state index in [1.807, 2.05) is 48.5 Å². The highest BCUT2D eigenvalue weighted by atomic mass is 16.6. The summed E-state index contributed by atoms with van der Waals surface area (Å²) in [5.74, 6) is 0.660. The molecule has 0 radical (unpaired) electrons. The van der Waals surface area contributed by atoms with E-state index in [1.54, 1.807) is 0 Å². The molecule has 3 aromatic rings. The molecule has 2 N–H and O–H groups in total. The lowest BCUT2D eigenvalue weighted by atomic mass is 10.0. The van der Waals surface area contributed by atoms with Crippen LogP contribution in [0.25, 0.3) is 10.9 Å². The molecule has 0 amide bonds. The molecule has 1 aromatic heterocycles. The molecule has 0 fully saturated rings. The van der Waals surface area contributed by atoms with Gasteiger partial charge in [0.1, 0.15) is 18.6 Å². The Morgan fingerprint density at radius 1 is 1.16 bits per heavy atom. The highest BCUT2D eigenvalue weighted by molar-refractivity contribution is 5.86. The minimum absolute atomic E-state index is 0.0289. The normalized spacial score (nSPS) is 10.8. The van der Waals surface area contributed by atoms with Crippen LogP contribution in [0.4, 0.5) is 5.69 Å². The number of aromatic nitrogens is 1. The molecule has 0 saturated heterocycles. The molecule has 128 valence electrons. The lowest BCUT2D eigenvalue weighted by molar-refractivity contribution is -0.385. The molecule has 0 atom stereocenters. The van der Waals surface area contributed by atoms with Gasteiger partial charge in [-0.05, 0) is 43.1 Å². The van der Waals surface area contributed by atoms with Crippen LogP contribution in [0, 0.1) is 10.1 Å². The predicted octanol–water partition coefficient (Wildman–Crippen LogP) is 3.61. The molecular weight excluding hydrogens is 318 g/mol. The number of fused-ring (bicyclic) bond motifs is 1. The number of nitrogens with two attached hydrogens (primary N) is 1. The maximum absolute atomic E-state index is 11.3. The molecule has 1 heterocycles. The predicted molar refractivity (Wildman–Crippen MR) is 96.5 cm³/mol. The van der Waals surface area contributed by atoms with Gasteiger partial charge in [0.25, 0.3) is 5.69 Å². The average Bonchev–Trinajstić information content (AvgIpc) is 2.64. The van der Waals surface area contributed by atoms with E-state index in [9.17, 15) is 10.1 Å². The molecule has 0 aliphatic carbocycles. The van der Waals surface area contributed by atoms with Crippen LogP contribution >= 0.6 is 0 Å². The summed E-state index contributed by atoms with van der Waals surface area (Å²) in [6.45, 7) is 0.915. The summed E-state index contributed by atoms with van der Waals surface area (Å²) in [5.41, 5.74) is 8.04. The van der Waals surface area contributed by atoms with Gasteiger partial charge in [-0.15, -0.1) is 0 Å². The van der Waals surface area contributed by atoms with E-state index in [2.05, 4.69) is 4.98 Å². The number of pyridine rings is 1. The zero-order valence-electron chi connectivity index (χ0n) is 13.7. The van der Waals surface area contributed by atoms with E-state index in [1.165, 1.54) is 6.20 Å². The van der Waals surface area contributed by atoms with Crippen molar-refractivity contribution in [3.63, 3.8) is 0 Å². The number of nitrogens with zero attached hydrogens (tertiary/aromatic N) is 2. The smallest absolute Gasteiger partial charge is 0.291 e. The number of ether oxygens (including phenoxy) is 1. The Kier molecular flexibility index (Phi) is 5.20. The largest absolute Gasteiger partial charge is 0.489 e. The molecule has 0 spiro atoms. The van der Waals surface area contributed by atoms with Crippen LogP contribution in [-0.2, 0) is 13.0 Å². The summed E-state index contributed by atoms with van der Waals surface area (Å²) in [6, 6.07) is 15.3. The Morgan fingerprint density at radius 3 is 2.68 bits per heavy atom. The van der Waals surface area contributed by atoms with E-state index < -0.39 is 4.92 Å². The van der Waals surface area contributed by atoms with Crippen molar-refractivity contribution in [1.82, 2.24) is 4.98 Å². The molecule has 0 aliphatic heterocycles. The third-order valence-corrected chi connectivity index (χ3v) is 4.00. The number of benzene rings is 2. The van der Waals surface area contributed by atoms with Crippen LogP contribution in [0.5, 0.6) is 5.75 Å². The number of aryl methyl sites for hydroxylation is 1. The molecule has 0 unspecified atom stereocenters. The molecule has 6 heteroatoms. The minimum Gasteiger partial charge on any atom is -0.489 e. The second-order valence-corrected chi connectivity index (χ2v) is 5.72. The van der Waals surface area contributed by atoms with Gasteiger partial charge < -0.3 is 10.5 Å². The molecule has 3 rings (SSSR count). The standard InChI is InChI=1S/C19H19N3O3/c20-10-4-7-16-17-11-15(25-13-14-5-2-1-3-6-14)8-9-18(17)21-12-19(16)22(23)24/h1-3,5-6,8-9,11-12H,4,7,10,13,20H2. The van der Waals surface area contributed by atoms with E-state index in [-0.39, 0.29) is 5.69 Å². The monoisotopic (exact) mass is 337 g/mol. The van der Waals surface area contributed by atoms with Crippen molar-refractivity contribution < 1.29 is 9.66 Å². The van der Waals surface area contributed by atoms with Gasteiger partial charge in [-0.25, -0.2) is 4.98 Å². The quantitative estimate of drug-likeness (QED) is 0.525. The lowest BCUT2D eigenvalue weighted by Crippen LogP contribution is -2.04. The van der Waals surface area contributed by atoms with Crippen LogP contribution in [0.1, 0.15) is 17.5 Å². The van der Waals surface area contributed by atoms with Crippen molar-refractivity contribution in [2.24, 2.45) is 5.73 Å². The molecule has 0 aliphatic rings. The van der Waals surface area contributed by atoms with Crippen molar-refractivity contribution in [3.8, 4) is 5.75 Å². The van der Waals surface area contributed by atoms with Crippen molar-refractivity contribution in [2.75, 3.05) is 6.54 Å². The molecule has 0 bridgehead atoms. The van der Waals surface area contributed by atoms with Crippen molar-refractivity contribution >= 4 is 16.6 Å². The minimum atomic E-state index is -0.393. The first kappa shape index (κ1) is 16.9. The number of nitro groups is 1. The van der Waals surface area contributed by atoms with Crippen LogP contribution in [0.2, 0.25) is 0 Å². The van der Waals surface area contributed by atoms with Gasteiger partial charge in [0, 0.05) is 10.9 Å². The summed E-state index contributed by atoms with van der Waals surface area (Å²) in [4.78, 5) is 15.1. The molecule has 6 nitrogen and oxygen atoms in total. The van der Waals surface area contributed by atoms with Gasteiger partial charge in [-0.2, -0.15) is 0 Å². The van der Waals surface area contributed by atoms with Gasteiger partial charge >= 0.3 is 0 Å². The van der Waals surface area contributed by atoms with E-state index >= 15 is 0 Å². The fourth-order valence-corrected chi connectivity index (χ4v) is 2.75. The van der Waals surface area contributed by atoms with Crippen molar-refractivity contribution in [3.05, 3.63) is 76.0 Å². The van der Waals surface area contributed by atoms with Gasteiger partial charge in [-0.1, -0.05) is 30.3 Å². The van der Waals surface area contributed by atoms with Crippen LogP contribution in [-0.4, -0.2) is 16.5 Å². The Hall–Kier alpha value is -2.99. The SMILES string of the molecule is NCCCc1c([N+](=O)[O-])cnc2ccc(OCc3ccccc3)cc12. The zero-order chi connectivity index (χ0) is 17.6. The Balaban J connectivity index is 1.95. The average molecular weight is 337 g/mol. The lowest BCUT2D eigenvalue weighted by Gasteiger charge is -2.10. The third kappa shape index (κ3) is 3.92. The number of hydrogen-bond donors (Lipinski definition) is 1. The van der Waals surface area contributed by atoms with Crippen LogP contribution in [0.15, 0.2) is 54.7 Å². The topological polar surface area (TPSA) is 91.3 Å². The maximum Gasteiger partial charge on any atom is 0.291 e. The van der Waals surface area contributed by atoms with Crippen molar-refractivity contribution in [1.29, 1.82) is 0 Å². The van der Waals surface area contributed by atoms with Crippen LogP contribution in [0.3, 0.4) is 0 Å². The second kappa shape index (κ2) is 7.72. The molecule has 2 aromatic carbocycles. The first-order chi connectivity index (χ1) is 12.2. The number of hydrogen-bond acceptors (Lipinski definition) is 5. The fraction of sp³-hybridized carbons (Fsp3) is 0.211. The Morgan fingerprint density at radius 2 is 1.96 bits per heavy atom. The van der Waals surface area contributed by atoms with Crippen LogP contribution < -0.4 is 10.5 Å². The van der Waals surface area contributed by atoms with Gasteiger partial charge in [0.2, 0.25) is 0 Å². The molecule has 0 saturated carbocycles. The van der Waals surface area contributed by atoms with E-state index in [0.717, 1.165) is 10.9 Å². The molecular formula is C19H19N3O3. The summed E-state index contributed by atoms with van der Waals surface area (Å²) < 4.78 is 5.84. The summed E-state index contributed by atoms with van der Waals surface area (Å²) in [6.07, 6.45) is 2.53. The van der Waals surface area contributed by atoms with E-state index in [0.29, 0.717) is 42.8 Å². The van der Waals surface area contributed by atoms with Gasteiger partial charge in [0.15, 0.2) is 0 Å². The first-order valence-electron chi connectivity index (χ1n) is 8.12. The molecule has 25 heavy (non-hydrogen) atoms. The summed E-state index contributed by atoms with van der Waals surface area (Å²) in [7, 11) is 0. The maximum atomic E-state index is 11.3. The third-order valence-electron chi connectivity index (χ3n) is 4.00. The van der Waals surface area contributed by atoms with E-state index in [4.69, 9.17) is 10.5 Å². The Labute approximate surface area is 145 Å². The highest BCUT2D eigenvalue weighted by Crippen LogP contribution is 2.30. The highest BCUT2D eigenvalue weighted by Gasteiger charge is 2.18.